The average molecular weight is 1220 g/mol. The molecule has 0 saturated carbocycles. The van der Waals surface area contributed by atoms with Gasteiger partial charge in [0.1, 0.15) is 11.2 Å². The number of furan rings is 1. The SMILES string of the molecule is c1ccc(-c2ccc3c(c2)c2cc(-c4cccc(-c5cccc(N(c6ccccc6)c6ccc(-c7cccc8c7oc7ccccc78)cc6)c5)c4-c4cc(N(c5ccccc5)c5ccccc5)cc(N(c5ccccc5)c5ccccc5)c4)ccc2n3-c2ccccc2)cc1. The van der Waals surface area contributed by atoms with Crippen LogP contribution in [0.5, 0.6) is 0 Å². The number of hydrogen-bond donors (Lipinski definition) is 0. The molecule has 0 radical (unpaired) electrons. The topological polar surface area (TPSA) is 27.8 Å². The second-order valence-corrected chi connectivity index (χ2v) is 24.0. The number of aromatic nitrogens is 1. The van der Waals surface area contributed by atoms with Crippen molar-refractivity contribution >= 4 is 94.9 Å². The number of para-hydroxylation sites is 8. The summed E-state index contributed by atoms with van der Waals surface area (Å²) in [5.41, 5.74) is 25.5. The van der Waals surface area contributed by atoms with Gasteiger partial charge in [0.2, 0.25) is 0 Å². The molecule has 0 atom stereocenters. The van der Waals surface area contributed by atoms with Crippen LogP contribution in [0.2, 0.25) is 0 Å². The number of rotatable bonds is 15. The lowest BCUT2D eigenvalue weighted by Crippen LogP contribution is -2.13. The van der Waals surface area contributed by atoms with Crippen molar-refractivity contribution < 1.29 is 4.42 Å². The molecule has 0 saturated heterocycles. The third-order valence-corrected chi connectivity index (χ3v) is 18.3. The summed E-state index contributed by atoms with van der Waals surface area (Å²) in [6.45, 7) is 0. The molecule has 0 amide bonds. The number of nitrogens with zero attached hydrogens (tertiary/aromatic N) is 4. The number of fused-ring (bicyclic) bond motifs is 6. The van der Waals surface area contributed by atoms with Crippen molar-refractivity contribution in [2.24, 2.45) is 0 Å². The lowest BCUT2D eigenvalue weighted by atomic mass is 9.86. The van der Waals surface area contributed by atoms with Gasteiger partial charge in [-0.2, -0.15) is 0 Å². The molecule has 0 unspecified atom stereocenters. The first-order chi connectivity index (χ1) is 47.1. The van der Waals surface area contributed by atoms with Gasteiger partial charge in [0.15, 0.2) is 0 Å². The Balaban J connectivity index is 0.908. The van der Waals surface area contributed by atoms with Gasteiger partial charge in [-0.1, -0.05) is 231 Å². The fourth-order valence-corrected chi connectivity index (χ4v) is 14.0. The number of anilines is 9. The first-order valence-electron chi connectivity index (χ1n) is 32.4. The van der Waals surface area contributed by atoms with E-state index in [1.54, 1.807) is 0 Å². The van der Waals surface area contributed by atoms with Gasteiger partial charge in [-0.15, -0.1) is 0 Å². The summed E-state index contributed by atoms with van der Waals surface area (Å²) in [6.07, 6.45) is 0. The van der Waals surface area contributed by atoms with Crippen LogP contribution in [0.3, 0.4) is 0 Å². The molecule has 0 fully saturated rings. The zero-order valence-electron chi connectivity index (χ0n) is 52.0. The van der Waals surface area contributed by atoms with E-state index in [0.29, 0.717) is 0 Å². The standard InChI is InChI=1S/C90H62N4O/c1-8-27-63(28-9-1)65-51-55-86-84(60-65)85-61-67(52-56-87(85)94(86)74-40-20-7-21-41-74)80-45-25-44-79(66-29-24-42-76(57-66)91(69-30-10-2-11-31-69)75-53-49-64(50-54-75)81-46-26-47-83-82-43-22-23-48-88(82)95-90(81)83)89(80)68-58-77(92(70-32-12-3-13-33-70)71-34-14-4-15-35-71)62-78(59-68)93(72-36-16-5-17-37-72)73-38-18-6-19-39-73/h1-62H. The first-order valence-corrected chi connectivity index (χ1v) is 32.4. The summed E-state index contributed by atoms with van der Waals surface area (Å²) >= 11 is 0. The van der Waals surface area contributed by atoms with E-state index in [1.807, 2.05) is 12.1 Å². The predicted octanol–water partition coefficient (Wildman–Crippen LogP) is 25.4. The Bertz CT molecular complexity index is 5400. The van der Waals surface area contributed by atoms with Crippen LogP contribution in [0.1, 0.15) is 0 Å². The number of benzene rings is 15. The summed E-state index contributed by atoms with van der Waals surface area (Å²) in [5, 5.41) is 4.58. The largest absolute Gasteiger partial charge is 0.455 e. The van der Waals surface area contributed by atoms with Gasteiger partial charge < -0.3 is 23.7 Å². The van der Waals surface area contributed by atoms with Crippen molar-refractivity contribution in [1.82, 2.24) is 4.57 Å². The van der Waals surface area contributed by atoms with E-state index in [1.165, 1.54) is 21.9 Å². The molecule has 15 aromatic carbocycles. The molecular weight excluding hydrogens is 1150 g/mol. The highest BCUT2D eigenvalue weighted by Gasteiger charge is 2.25. The van der Waals surface area contributed by atoms with Crippen molar-refractivity contribution in [2.45, 2.75) is 0 Å². The molecule has 0 spiro atoms. The summed E-state index contributed by atoms with van der Waals surface area (Å²) in [7, 11) is 0. The van der Waals surface area contributed by atoms with Gasteiger partial charge >= 0.3 is 0 Å². The Kier molecular flexibility index (Phi) is 14.5. The van der Waals surface area contributed by atoms with Crippen molar-refractivity contribution in [2.75, 3.05) is 14.7 Å². The predicted molar refractivity (Wildman–Crippen MR) is 399 cm³/mol. The molecule has 0 aliphatic carbocycles. The van der Waals surface area contributed by atoms with Gasteiger partial charge in [-0.25, -0.2) is 0 Å². The molecule has 448 valence electrons. The highest BCUT2D eigenvalue weighted by atomic mass is 16.3. The van der Waals surface area contributed by atoms with E-state index in [-0.39, 0.29) is 0 Å². The molecule has 17 aromatic rings. The first kappa shape index (κ1) is 56.3. The zero-order chi connectivity index (χ0) is 63.0. The smallest absolute Gasteiger partial charge is 0.143 e. The second-order valence-electron chi connectivity index (χ2n) is 24.0. The Morgan fingerprint density at radius 3 is 1.15 bits per heavy atom. The van der Waals surface area contributed by atoms with E-state index in [2.05, 4.69) is 383 Å². The molecule has 0 bridgehead atoms. The molecule has 17 rings (SSSR count). The third kappa shape index (κ3) is 10.5. The Morgan fingerprint density at radius 1 is 0.211 bits per heavy atom. The molecule has 0 aliphatic heterocycles. The minimum Gasteiger partial charge on any atom is -0.455 e. The summed E-state index contributed by atoms with van der Waals surface area (Å²) in [4.78, 5) is 7.14. The molecule has 0 N–H and O–H groups in total. The van der Waals surface area contributed by atoms with Gasteiger partial charge in [0, 0.05) is 84.0 Å². The van der Waals surface area contributed by atoms with Crippen molar-refractivity contribution in [3.8, 4) is 61.3 Å². The van der Waals surface area contributed by atoms with E-state index in [0.717, 1.165) is 134 Å². The molecule has 95 heavy (non-hydrogen) atoms. The lowest BCUT2D eigenvalue weighted by Gasteiger charge is -2.31. The van der Waals surface area contributed by atoms with Crippen LogP contribution in [0.15, 0.2) is 381 Å². The molecule has 2 heterocycles. The van der Waals surface area contributed by atoms with Crippen LogP contribution < -0.4 is 14.7 Å². The molecule has 0 aliphatic rings. The minimum absolute atomic E-state index is 0.886. The van der Waals surface area contributed by atoms with Crippen molar-refractivity contribution in [3.63, 3.8) is 0 Å². The maximum atomic E-state index is 6.56. The molecular formula is C90H62N4O. The van der Waals surface area contributed by atoms with Crippen LogP contribution >= 0.6 is 0 Å². The van der Waals surface area contributed by atoms with E-state index in [9.17, 15) is 0 Å². The Labute approximate surface area is 552 Å². The summed E-state index contributed by atoms with van der Waals surface area (Å²) < 4.78 is 8.98. The normalized spacial score (nSPS) is 11.4. The second kappa shape index (κ2) is 24.5. The summed E-state index contributed by atoms with van der Waals surface area (Å²) in [6, 6.07) is 136. The van der Waals surface area contributed by atoms with Gasteiger partial charge in [0.25, 0.3) is 0 Å². The average Bonchev–Trinajstić information content (AvgIpc) is 1.67. The van der Waals surface area contributed by atoms with E-state index < -0.39 is 0 Å². The molecule has 5 nitrogen and oxygen atoms in total. The maximum absolute atomic E-state index is 6.56. The maximum Gasteiger partial charge on any atom is 0.143 e. The highest BCUT2D eigenvalue weighted by molar-refractivity contribution is 6.13. The lowest BCUT2D eigenvalue weighted by molar-refractivity contribution is 0.670. The summed E-state index contributed by atoms with van der Waals surface area (Å²) in [5.74, 6) is 0. The van der Waals surface area contributed by atoms with Crippen LogP contribution in [0.25, 0.3) is 105 Å². The van der Waals surface area contributed by atoms with Crippen LogP contribution in [-0.4, -0.2) is 4.57 Å². The minimum atomic E-state index is 0.886. The van der Waals surface area contributed by atoms with E-state index >= 15 is 0 Å². The highest BCUT2D eigenvalue weighted by Crippen LogP contribution is 2.50. The van der Waals surface area contributed by atoms with E-state index in [4.69, 9.17) is 4.42 Å². The van der Waals surface area contributed by atoms with Crippen molar-refractivity contribution in [1.29, 1.82) is 0 Å². The van der Waals surface area contributed by atoms with Gasteiger partial charge in [-0.3, -0.25) is 0 Å². The van der Waals surface area contributed by atoms with Crippen molar-refractivity contribution in [3.05, 3.63) is 376 Å². The zero-order valence-corrected chi connectivity index (χ0v) is 52.0. The Hall–Kier alpha value is -12.7. The fourth-order valence-electron chi connectivity index (χ4n) is 14.0. The Morgan fingerprint density at radius 2 is 0.589 bits per heavy atom. The van der Waals surface area contributed by atoms with Crippen LogP contribution in [-0.2, 0) is 0 Å². The van der Waals surface area contributed by atoms with Gasteiger partial charge in [-0.05, 0) is 196 Å². The molecule has 5 heteroatoms. The third-order valence-electron chi connectivity index (χ3n) is 18.3. The van der Waals surface area contributed by atoms with Gasteiger partial charge in [0.05, 0.1) is 11.0 Å². The number of hydrogen-bond acceptors (Lipinski definition) is 4. The van der Waals surface area contributed by atoms with Crippen LogP contribution in [0.4, 0.5) is 51.2 Å². The quantitative estimate of drug-likeness (QED) is 0.102. The molecule has 2 aromatic heterocycles. The monoisotopic (exact) mass is 1210 g/mol. The van der Waals surface area contributed by atoms with Crippen LogP contribution in [0, 0.1) is 0 Å². The fraction of sp³-hybridized carbons (Fsp3) is 0.